The van der Waals surface area contributed by atoms with Gasteiger partial charge < -0.3 is 9.64 Å². The summed E-state index contributed by atoms with van der Waals surface area (Å²) in [6.07, 6.45) is -0.0955. The molecule has 5 nitrogen and oxygen atoms in total. The highest BCUT2D eigenvalue weighted by Gasteiger charge is 2.30. The lowest BCUT2D eigenvalue weighted by atomic mass is 10.1. The normalized spacial score (nSPS) is 11.5. The van der Waals surface area contributed by atoms with Gasteiger partial charge in [-0.25, -0.2) is 7.91 Å². The number of nitrogens with zero attached hydrogens (tertiary/aromatic N) is 2. The smallest absolute Gasteiger partial charge is 0.419 e. The summed E-state index contributed by atoms with van der Waals surface area (Å²) >= 11 is 1.86. The number of likely N-dealkylation sites (N-methyl/N-ethyl adjacent to an activating group) is 1. The molecular formula is C19H21IN2O3. The average molecular weight is 452 g/mol. The number of rotatable bonds is 6. The van der Waals surface area contributed by atoms with Gasteiger partial charge in [-0.1, -0.05) is 60.7 Å². The van der Waals surface area contributed by atoms with Gasteiger partial charge in [-0.15, -0.1) is 0 Å². The number of carbonyl (C=O) groups excluding carboxylic acids is 2. The molecular weight excluding hydrogens is 431 g/mol. The first-order valence-corrected chi connectivity index (χ1v) is 8.86. The molecule has 0 saturated heterocycles. The summed E-state index contributed by atoms with van der Waals surface area (Å²) in [6.45, 7) is 0.174. The van der Waals surface area contributed by atoms with Gasteiger partial charge in [0, 0.05) is 20.5 Å². The summed E-state index contributed by atoms with van der Waals surface area (Å²) in [5.41, 5.74) is 1.89. The van der Waals surface area contributed by atoms with E-state index in [1.54, 1.807) is 14.1 Å². The second kappa shape index (κ2) is 9.41. The van der Waals surface area contributed by atoms with Crippen LogP contribution in [0.2, 0.25) is 0 Å². The average Bonchev–Trinajstić information content (AvgIpc) is 2.64. The molecule has 2 amide bonds. The molecule has 1 atom stereocenters. The Morgan fingerprint density at radius 3 is 2.00 bits per heavy atom. The molecule has 0 saturated carbocycles. The summed E-state index contributed by atoms with van der Waals surface area (Å²) in [4.78, 5) is 26.4. The summed E-state index contributed by atoms with van der Waals surface area (Å²) in [5, 5.41) is 0. The fourth-order valence-corrected chi connectivity index (χ4v) is 2.88. The van der Waals surface area contributed by atoms with Gasteiger partial charge in [-0.2, -0.15) is 0 Å². The van der Waals surface area contributed by atoms with Crippen molar-refractivity contribution >= 4 is 34.9 Å². The van der Waals surface area contributed by atoms with Crippen LogP contribution in [-0.2, 0) is 22.6 Å². The zero-order chi connectivity index (χ0) is 18.2. The quantitative estimate of drug-likeness (QED) is 0.497. The van der Waals surface area contributed by atoms with E-state index in [9.17, 15) is 9.59 Å². The Hall–Kier alpha value is -2.09. The van der Waals surface area contributed by atoms with Crippen molar-refractivity contribution in [2.45, 2.75) is 19.1 Å². The molecule has 0 spiro atoms. The topological polar surface area (TPSA) is 49.9 Å². The molecule has 0 heterocycles. The Kier molecular flexibility index (Phi) is 7.24. The monoisotopic (exact) mass is 452 g/mol. The standard InChI is InChI=1S/C19H21IN2O3/c1-21(2)18(23)17(13-15-9-5-3-6-10-15)22(20)19(24)25-14-16-11-7-4-8-12-16/h3-12,17H,13-14H2,1-2H3/t17-/m0/s1. The molecule has 0 bridgehead atoms. The summed E-state index contributed by atoms with van der Waals surface area (Å²) in [6, 6.07) is 18.5. The van der Waals surface area contributed by atoms with E-state index < -0.39 is 12.1 Å². The van der Waals surface area contributed by atoms with Gasteiger partial charge in [0.25, 0.3) is 0 Å². The van der Waals surface area contributed by atoms with Crippen LogP contribution in [0.1, 0.15) is 11.1 Å². The van der Waals surface area contributed by atoms with Gasteiger partial charge in [0.2, 0.25) is 5.91 Å². The zero-order valence-corrected chi connectivity index (χ0v) is 16.4. The minimum atomic E-state index is -0.624. The molecule has 25 heavy (non-hydrogen) atoms. The molecule has 0 aromatic heterocycles. The molecule has 0 aliphatic heterocycles. The maximum Gasteiger partial charge on any atom is 0.419 e. The van der Waals surface area contributed by atoms with Crippen molar-refractivity contribution < 1.29 is 14.3 Å². The molecule has 6 heteroatoms. The highest BCUT2D eigenvalue weighted by molar-refractivity contribution is 14.1. The number of halogens is 1. The van der Waals surface area contributed by atoms with Crippen LogP contribution < -0.4 is 0 Å². The highest BCUT2D eigenvalue weighted by atomic mass is 127. The van der Waals surface area contributed by atoms with E-state index in [1.807, 2.05) is 83.5 Å². The minimum Gasteiger partial charge on any atom is -0.444 e. The van der Waals surface area contributed by atoms with E-state index in [-0.39, 0.29) is 12.5 Å². The largest absolute Gasteiger partial charge is 0.444 e. The molecule has 2 rings (SSSR count). The first kappa shape index (κ1) is 19.2. The SMILES string of the molecule is CN(C)C(=O)[C@H](Cc1ccccc1)N(I)C(=O)OCc1ccccc1. The zero-order valence-electron chi connectivity index (χ0n) is 14.3. The number of hydrogen-bond acceptors (Lipinski definition) is 3. The molecule has 0 unspecified atom stereocenters. The van der Waals surface area contributed by atoms with Gasteiger partial charge in [0.15, 0.2) is 0 Å². The van der Waals surface area contributed by atoms with Gasteiger partial charge in [-0.3, -0.25) is 4.79 Å². The van der Waals surface area contributed by atoms with Gasteiger partial charge in [-0.05, 0) is 11.1 Å². The van der Waals surface area contributed by atoms with Crippen molar-refractivity contribution in [2.75, 3.05) is 14.1 Å². The fourth-order valence-electron chi connectivity index (χ4n) is 2.31. The molecule has 0 radical (unpaired) electrons. The Bertz CT molecular complexity index is 692. The fraction of sp³-hybridized carbons (Fsp3) is 0.263. The third kappa shape index (κ3) is 5.74. The van der Waals surface area contributed by atoms with Crippen LogP contribution in [-0.4, -0.2) is 40.2 Å². The molecule has 0 fully saturated rings. The molecule has 2 aromatic carbocycles. The van der Waals surface area contributed by atoms with Crippen molar-refractivity contribution in [3.05, 3.63) is 71.8 Å². The second-order valence-corrected chi connectivity index (χ2v) is 6.83. The van der Waals surface area contributed by atoms with Crippen molar-refractivity contribution in [3.8, 4) is 0 Å². The number of carbonyl (C=O) groups is 2. The predicted molar refractivity (Wildman–Crippen MR) is 105 cm³/mol. The van der Waals surface area contributed by atoms with Gasteiger partial charge in [0.05, 0.1) is 22.9 Å². The molecule has 2 aromatic rings. The van der Waals surface area contributed by atoms with Crippen molar-refractivity contribution in [3.63, 3.8) is 0 Å². The van der Waals surface area contributed by atoms with E-state index in [1.165, 1.54) is 8.01 Å². The maximum atomic E-state index is 12.5. The number of benzene rings is 2. The molecule has 0 aliphatic carbocycles. The van der Waals surface area contributed by atoms with E-state index in [4.69, 9.17) is 4.74 Å². The number of ether oxygens (including phenoxy) is 1. The summed E-state index contributed by atoms with van der Waals surface area (Å²) < 4.78 is 6.69. The lowest BCUT2D eigenvalue weighted by Crippen LogP contribution is -2.45. The molecule has 0 aliphatic rings. The Morgan fingerprint density at radius 1 is 0.960 bits per heavy atom. The third-order valence-corrected chi connectivity index (χ3v) is 4.72. The summed E-state index contributed by atoms with van der Waals surface area (Å²) in [7, 11) is 3.36. The Morgan fingerprint density at radius 2 is 1.48 bits per heavy atom. The lowest BCUT2D eigenvalue weighted by molar-refractivity contribution is -0.132. The first-order chi connectivity index (χ1) is 12.0. The number of hydrogen-bond donors (Lipinski definition) is 0. The van der Waals surface area contributed by atoms with E-state index in [0.29, 0.717) is 6.42 Å². The van der Waals surface area contributed by atoms with E-state index in [0.717, 1.165) is 11.1 Å². The van der Waals surface area contributed by atoms with Crippen molar-refractivity contribution in [1.29, 1.82) is 0 Å². The van der Waals surface area contributed by atoms with Gasteiger partial charge >= 0.3 is 6.09 Å². The minimum absolute atomic E-state index is 0.144. The number of amides is 2. The highest BCUT2D eigenvalue weighted by Crippen LogP contribution is 2.17. The first-order valence-electron chi connectivity index (χ1n) is 7.90. The molecule has 132 valence electrons. The van der Waals surface area contributed by atoms with Crippen molar-refractivity contribution in [1.82, 2.24) is 8.01 Å². The van der Waals surface area contributed by atoms with Gasteiger partial charge in [0.1, 0.15) is 12.6 Å². The third-order valence-electron chi connectivity index (χ3n) is 3.65. The van der Waals surface area contributed by atoms with Crippen molar-refractivity contribution in [2.24, 2.45) is 0 Å². The van der Waals surface area contributed by atoms with Crippen LogP contribution >= 0.6 is 22.9 Å². The van der Waals surface area contributed by atoms with E-state index in [2.05, 4.69) is 0 Å². The second-order valence-electron chi connectivity index (χ2n) is 5.79. The summed E-state index contributed by atoms with van der Waals surface area (Å²) in [5.74, 6) is -0.144. The van der Waals surface area contributed by atoms with E-state index >= 15 is 0 Å². The van der Waals surface area contributed by atoms with Crippen LogP contribution in [0.25, 0.3) is 0 Å². The molecule has 0 N–H and O–H groups in total. The Balaban J connectivity index is 2.06. The Labute approximate surface area is 162 Å². The van der Waals surface area contributed by atoms with Crippen LogP contribution in [0.15, 0.2) is 60.7 Å². The van der Waals surface area contributed by atoms with Crippen LogP contribution in [0.4, 0.5) is 4.79 Å². The van der Waals surface area contributed by atoms with Crippen LogP contribution in [0, 0.1) is 0 Å². The maximum absolute atomic E-state index is 12.5. The lowest BCUT2D eigenvalue weighted by Gasteiger charge is -2.27. The predicted octanol–water partition coefficient (Wildman–Crippen LogP) is 3.67. The van der Waals surface area contributed by atoms with Crippen LogP contribution in [0.5, 0.6) is 0 Å². The van der Waals surface area contributed by atoms with Crippen LogP contribution in [0.3, 0.4) is 0 Å².